The van der Waals surface area contributed by atoms with E-state index in [0.29, 0.717) is 22.6 Å². The number of nitrogens with zero attached hydrogens (tertiary/aromatic N) is 3. The van der Waals surface area contributed by atoms with Crippen LogP contribution in [0.5, 0.6) is 5.75 Å². The summed E-state index contributed by atoms with van der Waals surface area (Å²) in [6, 6.07) is 18.9. The monoisotopic (exact) mass is 549 g/mol. The van der Waals surface area contributed by atoms with E-state index in [-0.39, 0.29) is 16.5 Å². The number of phenols is 1. The van der Waals surface area contributed by atoms with Crippen LogP contribution in [-0.2, 0) is 6.18 Å². The molecule has 5 aromatic rings. The van der Waals surface area contributed by atoms with E-state index in [0.717, 1.165) is 23.3 Å². The molecule has 0 saturated carbocycles. The maximum Gasteiger partial charge on any atom is 0.416 e. The van der Waals surface area contributed by atoms with E-state index in [1.807, 2.05) is 18.3 Å². The zero-order valence-electron chi connectivity index (χ0n) is 19.9. The topological polar surface area (TPSA) is 92.1 Å². The summed E-state index contributed by atoms with van der Waals surface area (Å²) in [5, 5.41) is 19.8. The second kappa shape index (κ2) is 10.5. The standard InChI is InChI=1S/C28H19ClF3N5O2/c29-24-13-18(7-8-25(24)38)26-23(17-9-11-33-12-10-17)16-37(36-26)22-6-2-5-21(15-22)35-27(39)34-20-4-1-3-19(14-20)28(30,31)32/h1-16,38H,(H2,34,35,39). The molecule has 5 rings (SSSR count). The third-order valence-electron chi connectivity index (χ3n) is 5.74. The van der Waals surface area contributed by atoms with E-state index in [1.165, 1.54) is 18.2 Å². The van der Waals surface area contributed by atoms with Crippen LogP contribution < -0.4 is 10.6 Å². The van der Waals surface area contributed by atoms with Crippen molar-refractivity contribution in [2.24, 2.45) is 0 Å². The number of carbonyl (C=O) groups excluding carboxylic acids is 1. The van der Waals surface area contributed by atoms with Gasteiger partial charge in [0.15, 0.2) is 0 Å². The molecule has 0 unspecified atom stereocenters. The van der Waals surface area contributed by atoms with Crippen molar-refractivity contribution in [3.8, 4) is 33.8 Å². The number of benzene rings is 3. The van der Waals surface area contributed by atoms with Crippen LogP contribution in [0.3, 0.4) is 0 Å². The summed E-state index contributed by atoms with van der Waals surface area (Å²) in [6.45, 7) is 0. The van der Waals surface area contributed by atoms with Crippen LogP contribution in [0.1, 0.15) is 5.56 Å². The molecular weight excluding hydrogens is 531 g/mol. The van der Waals surface area contributed by atoms with Crippen molar-refractivity contribution in [2.45, 2.75) is 6.18 Å². The first-order valence-electron chi connectivity index (χ1n) is 11.5. The average Bonchev–Trinajstić information content (AvgIpc) is 3.36. The van der Waals surface area contributed by atoms with Crippen molar-refractivity contribution < 1.29 is 23.1 Å². The third kappa shape index (κ3) is 5.86. The molecule has 0 radical (unpaired) electrons. The second-order valence-corrected chi connectivity index (χ2v) is 8.85. The van der Waals surface area contributed by atoms with E-state index in [1.54, 1.807) is 53.5 Å². The summed E-state index contributed by atoms with van der Waals surface area (Å²) in [5.41, 5.74) is 3.05. The number of rotatable bonds is 5. The Balaban J connectivity index is 1.43. The highest BCUT2D eigenvalue weighted by atomic mass is 35.5. The van der Waals surface area contributed by atoms with Gasteiger partial charge in [0.25, 0.3) is 0 Å². The van der Waals surface area contributed by atoms with E-state index in [4.69, 9.17) is 16.7 Å². The largest absolute Gasteiger partial charge is 0.506 e. The Labute approximate surface area is 225 Å². The average molecular weight is 550 g/mol. The molecule has 11 heteroatoms. The predicted molar refractivity (Wildman–Crippen MR) is 143 cm³/mol. The Bertz CT molecular complexity index is 1660. The van der Waals surface area contributed by atoms with Gasteiger partial charge in [0.1, 0.15) is 11.4 Å². The lowest BCUT2D eigenvalue weighted by Crippen LogP contribution is -2.20. The van der Waals surface area contributed by atoms with Gasteiger partial charge in [-0.3, -0.25) is 4.98 Å². The molecule has 0 aliphatic carbocycles. The van der Waals surface area contributed by atoms with Crippen molar-refractivity contribution in [2.75, 3.05) is 10.6 Å². The Morgan fingerprint density at radius 3 is 2.26 bits per heavy atom. The Kier molecular flexibility index (Phi) is 6.95. The molecule has 196 valence electrons. The molecule has 0 saturated heterocycles. The van der Waals surface area contributed by atoms with Gasteiger partial charge in [-0.25, -0.2) is 9.48 Å². The van der Waals surface area contributed by atoms with Gasteiger partial charge in [0, 0.05) is 41.1 Å². The highest BCUT2D eigenvalue weighted by Crippen LogP contribution is 2.35. The number of urea groups is 1. The molecule has 2 heterocycles. The summed E-state index contributed by atoms with van der Waals surface area (Å²) >= 11 is 6.15. The maximum absolute atomic E-state index is 13.0. The van der Waals surface area contributed by atoms with Gasteiger partial charge in [-0.1, -0.05) is 23.7 Å². The molecule has 2 aromatic heterocycles. The molecule has 0 bridgehead atoms. The predicted octanol–water partition coefficient (Wildman–Crippen LogP) is 7.62. The maximum atomic E-state index is 13.0. The third-order valence-corrected chi connectivity index (χ3v) is 6.05. The van der Waals surface area contributed by atoms with Gasteiger partial charge in [-0.05, 0) is 72.3 Å². The SMILES string of the molecule is O=C(Nc1cccc(-n2cc(-c3ccncc3)c(-c3ccc(O)c(Cl)c3)n2)c1)Nc1cccc(C(F)(F)F)c1. The van der Waals surface area contributed by atoms with Crippen molar-refractivity contribution in [1.82, 2.24) is 14.8 Å². The van der Waals surface area contributed by atoms with Crippen LogP contribution in [0, 0.1) is 0 Å². The molecule has 0 spiro atoms. The Hall–Kier alpha value is -4.83. The summed E-state index contributed by atoms with van der Waals surface area (Å²) in [6.07, 6.45) is 0.612. The second-order valence-electron chi connectivity index (χ2n) is 8.45. The highest BCUT2D eigenvalue weighted by molar-refractivity contribution is 6.32. The fourth-order valence-electron chi connectivity index (χ4n) is 3.91. The molecule has 3 N–H and O–H groups in total. The number of halogens is 4. The fourth-order valence-corrected chi connectivity index (χ4v) is 4.09. The van der Waals surface area contributed by atoms with Crippen molar-refractivity contribution in [3.05, 3.63) is 108 Å². The number of nitrogens with one attached hydrogen (secondary N) is 2. The number of anilines is 2. The molecule has 0 aliphatic rings. The van der Waals surface area contributed by atoms with Crippen LogP contribution in [0.15, 0.2) is 97.5 Å². The van der Waals surface area contributed by atoms with Crippen LogP contribution >= 0.6 is 11.6 Å². The quantitative estimate of drug-likeness (QED) is 0.210. The highest BCUT2D eigenvalue weighted by Gasteiger charge is 2.30. The summed E-state index contributed by atoms with van der Waals surface area (Å²) < 4.78 is 40.6. The number of hydrogen-bond acceptors (Lipinski definition) is 4. The van der Waals surface area contributed by atoms with Gasteiger partial charge >= 0.3 is 12.2 Å². The van der Waals surface area contributed by atoms with E-state index < -0.39 is 17.8 Å². The van der Waals surface area contributed by atoms with Crippen molar-refractivity contribution >= 4 is 29.0 Å². The first-order valence-corrected chi connectivity index (χ1v) is 11.9. The number of alkyl halides is 3. The van der Waals surface area contributed by atoms with Crippen LogP contribution in [0.2, 0.25) is 5.02 Å². The van der Waals surface area contributed by atoms with Gasteiger partial charge in [0.05, 0.1) is 16.3 Å². The molecule has 0 atom stereocenters. The zero-order chi connectivity index (χ0) is 27.6. The molecule has 0 aliphatic heterocycles. The minimum atomic E-state index is -4.52. The lowest BCUT2D eigenvalue weighted by atomic mass is 10.0. The lowest BCUT2D eigenvalue weighted by molar-refractivity contribution is -0.137. The lowest BCUT2D eigenvalue weighted by Gasteiger charge is -2.11. The first kappa shape index (κ1) is 25.8. The number of pyridine rings is 1. The number of hydrogen-bond donors (Lipinski definition) is 3. The Morgan fingerprint density at radius 2 is 1.56 bits per heavy atom. The minimum absolute atomic E-state index is 0.00440. The van der Waals surface area contributed by atoms with Crippen molar-refractivity contribution in [1.29, 1.82) is 0 Å². The number of amides is 2. The van der Waals surface area contributed by atoms with Gasteiger partial charge in [0.2, 0.25) is 0 Å². The molecule has 2 amide bonds. The molecular formula is C28H19ClF3N5O2. The molecule has 0 fully saturated rings. The van der Waals surface area contributed by atoms with Gasteiger partial charge in [-0.15, -0.1) is 0 Å². The van der Waals surface area contributed by atoms with Crippen molar-refractivity contribution in [3.63, 3.8) is 0 Å². The van der Waals surface area contributed by atoms with Crippen LogP contribution in [-0.4, -0.2) is 25.9 Å². The zero-order valence-corrected chi connectivity index (χ0v) is 20.7. The van der Waals surface area contributed by atoms with E-state index >= 15 is 0 Å². The van der Waals surface area contributed by atoms with Crippen LogP contribution in [0.4, 0.5) is 29.3 Å². The smallest absolute Gasteiger partial charge is 0.416 e. The minimum Gasteiger partial charge on any atom is -0.506 e. The van der Waals surface area contributed by atoms with Crippen LogP contribution in [0.25, 0.3) is 28.1 Å². The number of carbonyl (C=O) groups is 1. The summed E-state index contributed by atoms with van der Waals surface area (Å²) in [5.74, 6) is -0.0486. The summed E-state index contributed by atoms with van der Waals surface area (Å²) in [4.78, 5) is 16.6. The molecule has 39 heavy (non-hydrogen) atoms. The molecule has 3 aromatic carbocycles. The first-order chi connectivity index (χ1) is 18.7. The number of aromatic nitrogens is 3. The normalized spacial score (nSPS) is 11.3. The van der Waals surface area contributed by atoms with Gasteiger partial charge < -0.3 is 15.7 Å². The molecule has 7 nitrogen and oxygen atoms in total. The van der Waals surface area contributed by atoms with Gasteiger partial charge in [-0.2, -0.15) is 18.3 Å². The van der Waals surface area contributed by atoms with E-state index in [2.05, 4.69) is 15.6 Å². The Morgan fingerprint density at radius 1 is 0.872 bits per heavy atom. The fraction of sp³-hybridized carbons (Fsp3) is 0.0357. The number of aromatic hydroxyl groups is 1. The van der Waals surface area contributed by atoms with E-state index in [9.17, 15) is 23.1 Å². The number of phenolic OH excluding ortho intramolecular Hbond substituents is 1. The summed E-state index contributed by atoms with van der Waals surface area (Å²) in [7, 11) is 0.